The highest BCUT2D eigenvalue weighted by atomic mass is 16.1. The molecule has 1 aliphatic rings. The minimum atomic E-state index is 0.00706. The molecule has 4 nitrogen and oxygen atoms in total. The van der Waals surface area contributed by atoms with Crippen molar-refractivity contribution in [3.05, 3.63) is 65.7 Å². The molecule has 3 N–H and O–H groups in total. The van der Waals surface area contributed by atoms with E-state index >= 15 is 0 Å². The zero-order valence-electron chi connectivity index (χ0n) is 17.2. The summed E-state index contributed by atoms with van der Waals surface area (Å²) in [6, 6.07) is 19.2. The van der Waals surface area contributed by atoms with Gasteiger partial charge in [0.25, 0.3) is 0 Å². The Hall–Kier alpha value is -2.33. The van der Waals surface area contributed by atoms with Crippen molar-refractivity contribution >= 4 is 11.6 Å². The molecule has 0 heterocycles. The Morgan fingerprint density at radius 1 is 1.04 bits per heavy atom. The summed E-state index contributed by atoms with van der Waals surface area (Å²) in [7, 11) is 2.31. The summed E-state index contributed by atoms with van der Waals surface area (Å²) in [6.45, 7) is 3.30. The van der Waals surface area contributed by atoms with Crippen LogP contribution >= 0.6 is 0 Å². The molecular formula is C24H34N3O+. The third kappa shape index (κ3) is 5.83. The highest BCUT2D eigenvalue weighted by molar-refractivity contribution is 5.81. The molecule has 0 aromatic heterocycles. The molecule has 150 valence electrons. The molecule has 0 bridgehead atoms. The fourth-order valence-corrected chi connectivity index (χ4v) is 4.18. The molecule has 28 heavy (non-hydrogen) atoms. The molecule has 1 aliphatic carbocycles. The van der Waals surface area contributed by atoms with E-state index in [0.29, 0.717) is 0 Å². The summed E-state index contributed by atoms with van der Waals surface area (Å²) < 4.78 is 0. The molecule has 0 saturated heterocycles. The average Bonchev–Trinajstić information content (AvgIpc) is 2.74. The van der Waals surface area contributed by atoms with Crippen LogP contribution in [-0.4, -0.2) is 25.5 Å². The van der Waals surface area contributed by atoms with Gasteiger partial charge in [-0.3, -0.25) is 4.79 Å². The van der Waals surface area contributed by atoms with Crippen LogP contribution in [0.15, 0.2) is 54.6 Å². The van der Waals surface area contributed by atoms with E-state index in [-0.39, 0.29) is 18.5 Å². The van der Waals surface area contributed by atoms with E-state index in [1.54, 1.807) is 4.90 Å². The molecule has 1 saturated carbocycles. The van der Waals surface area contributed by atoms with E-state index < -0.39 is 0 Å². The van der Waals surface area contributed by atoms with Crippen molar-refractivity contribution in [1.29, 1.82) is 0 Å². The summed E-state index contributed by atoms with van der Waals surface area (Å²) in [5.74, 6) is 0.0131. The smallest absolute Gasteiger partial charge is 0.239 e. The maximum atomic E-state index is 12.4. The number of para-hydroxylation sites is 1. The number of carbonyl (C=O) groups excluding carboxylic acids is 1. The zero-order valence-corrected chi connectivity index (χ0v) is 17.2. The van der Waals surface area contributed by atoms with Gasteiger partial charge in [0.1, 0.15) is 6.54 Å². The standard InChI is InChI=1S/C24H33N3O/c1-19(20-11-5-3-6-12-20)26-24(28)17-25-23-16-10-9-13-21(23)18-27(2)22-14-7-4-8-15-22/h3,5-6,9-13,16,19,22,25H,4,7-8,14-15,17-18H2,1-2H3,(H,26,28)/p+1/t19-/m1/s1. The minimum Gasteiger partial charge on any atom is -0.376 e. The SMILES string of the molecule is C[C@@H](NC(=O)CNc1ccccc1C[NH+](C)C1CCCCC1)c1ccccc1. The van der Waals surface area contributed by atoms with Crippen molar-refractivity contribution < 1.29 is 9.69 Å². The van der Waals surface area contributed by atoms with Gasteiger partial charge in [0.15, 0.2) is 0 Å². The fraction of sp³-hybridized carbons (Fsp3) is 0.458. The number of carbonyl (C=O) groups is 1. The monoisotopic (exact) mass is 380 g/mol. The van der Waals surface area contributed by atoms with E-state index in [4.69, 9.17) is 0 Å². The summed E-state index contributed by atoms with van der Waals surface area (Å²) in [4.78, 5) is 14.0. The lowest BCUT2D eigenvalue weighted by Crippen LogP contribution is -3.11. The zero-order chi connectivity index (χ0) is 19.8. The maximum absolute atomic E-state index is 12.4. The summed E-state index contributed by atoms with van der Waals surface area (Å²) in [5, 5.41) is 6.42. The number of benzene rings is 2. The Kier molecular flexibility index (Phi) is 7.49. The molecule has 2 aromatic rings. The van der Waals surface area contributed by atoms with Crippen LogP contribution in [-0.2, 0) is 11.3 Å². The van der Waals surface area contributed by atoms with Gasteiger partial charge in [-0.25, -0.2) is 0 Å². The van der Waals surface area contributed by atoms with Gasteiger partial charge in [-0.1, -0.05) is 55.0 Å². The third-order valence-corrected chi connectivity index (χ3v) is 5.91. The lowest BCUT2D eigenvalue weighted by Gasteiger charge is -2.28. The van der Waals surface area contributed by atoms with Gasteiger partial charge in [-0.15, -0.1) is 0 Å². The first-order chi connectivity index (χ1) is 13.6. The number of nitrogens with one attached hydrogen (secondary N) is 3. The first-order valence-corrected chi connectivity index (χ1v) is 10.6. The summed E-state index contributed by atoms with van der Waals surface area (Å²) in [6.07, 6.45) is 6.78. The van der Waals surface area contributed by atoms with Crippen molar-refractivity contribution in [2.24, 2.45) is 0 Å². The predicted octanol–water partition coefficient (Wildman–Crippen LogP) is 3.32. The summed E-state index contributed by atoms with van der Waals surface area (Å²) >= 11 is 0. The second kappa shape index (κ2) is 10.3. The van der Waals surface area contributed by atoms with E-state index in [2.05, 4.69) is 35.9 Å². The van der Waals surface area contributed by atoms with E-state index in [0.717, 1.165) is 23.8 Å². The number of hydrogen-bond acceptors (Lipinski definition) is 2. The van der Waals surface area contributed by atoms with E-state index in [1.165, 1.54) is 37.7 Å². The molecule has 0 aliphatic heterocycles. The van der Waals surface area contributed by atoms with Gasteiger partial charge >= 0.3 is 0 Å². The molecule has 2 atom stereocenters. The van der Waals surface area contributed by atoms with Gasteiger partial charge in [0.05, 0.1) is 25.7 Å². The van der Waals surface area contributed by atoms with Crippen LogP contribution in [0.5, 0.6) is 0 Å². The maximum Gasteiger partial charge on any atom is 0.239 e. The highest BCUT2D eigenvalue weighted by Crippen LogP contribution is 2.17. The minimum absolute atomic E-state index is 0.00706. The molecule has 1 unspecified atom stereocenters. The molecule has 1 fully saturated rings. The van der Waals surface area contributed by atoms with Crippen molar-refractivity contribution in [1.82, 2.24) is 5.32 Å². The largest absolute Gasteiger partial charge is 0.376 e. The Labute approximate surface area is 169 Å². The fourth-order valence-electron chi connectivity index (χ4n) is 4.18. The lowest BCUT2D eigenvalue weighted by molar-refractivity contribution is -0.921. The Morgan fingerprint density at radius 3 is 2.46 bits per heavy atom. The quantitative estimate of drug-likeness (QED) is 0.658. The number of amides is 1. The second-order valence-electron chi connectivity index (χ2n) is 8.07. The van der Waals surface area contributed by atoms with Crippen molar-refractivity contribution in [2.45, 2.75) is 57.7 Å². The molecule has 2 aromatic carbocycles. The van der Waals surface area contributed by atoms with Gasteiger partial charge in [0, 0.05) is 11.3 Å². The van der Waals surface area contributed by atoms with Gasteiger partial charge in [0.2, 0.25) is 5.91 Å². The van der Waals surface area contributed by atoms with Crippen LogP contribution in [0.3, 0.4) is 0 Å². The molecule has 1 amide bonds. The van der Waals surface area contributed by atoms with Gasteiger partial charge in [-0.05, 0) is 44.2 Å². The molecule has 0 radical (unpaired) electrons. The van der Waals surface area contributed by atoms with Crippen LogP contribution in [0.1, 0.15) is 56.2 Å². The van der Waals surface area contributed by atoms with Gasteiger partial charge in [-0.2, -0.15) is 0 Å². The number of quaternary nitrogens is 1. The van der Waals surface area contributed by atoms with Crippen LogP contribution in [0.25, 0.3) is 0 Å². The Balaban J connectivity index is 1.53. The number of rotatable bonds is 8. The molecule has 3 rings (SSSR count). The first kappa shape index (κ1) is 20.4. The molecule has 4 heteroatoms. The van der Waals surface area contributed by atoms with Crippen LogP contribution < -0.4 is 15.5 Å². The molecule has 0 spiro atoms. The normalized spacial score (nSPS) is 16.9. The average molecular weight is 381 g/mol. The second-order valence-corrected chi connectivity index (χ2v) is 8.07. The summed E-state index contributed by atoms with van der Waals surface area (Å²) in [5.41, 5.74) is 3.48. The number of hydrogen-bond donors (Lipinski definition) is 3. The number of anilines is 1. The van der Waals surface area contributed by atoms with E-state index in [1.807, 2.05) is 43.3 Å². The van der Waals surface area contributed by atoms with Crippen molar-refractivity contribution in [3.63, 3.8) is 0 Å². The van der Waals surface area contributed by atoms with E-state index in [9.17, 15) is 4.79 Å². The third-order valence-electron chi connectivity index (χ3n) is 5.91. The molecular weight excluding hydrogens is 346 g/mol. The van der Waals surface area contributed by atoms with Crippen molar-refractivity contribution in [3.8, 4) is 0 Å². The van der Waals surface area contributed by atoms with Crippen LogP contribution in [0.2, 0.25) is 0 Å². The lowest BCUT2D eigenvalue weighted by atomic mass is 9.94. The Morgan fingerprint density at radius 2 is 1.71 bits per heavy atom. The predicted molar refractivity (Wildman–Crippen MR) is 115 cm³/mol. The van der Waals surface area contributed by atoms with Crippen molar-refractivity contribution in [2.75, 3.05) is 18.9 Å². The first-order valence-electron chi connectivity index (χ1n) is 10.6. The topological polar surface area (TPSA) is 45.6 Å². The highest BCUT2D eigenvalue weighted by Gasteiger charge is 2.22. The van der Waals surface area contributed by atoms with Crippen LogP contribution in [0.4, 0.5) is 5.69 Å². The Bertz CT molecular complexity index is 741. The van der Waals surface area contributed by atoms with Crippen LogP contribution in [0, 0.1) is 0 Å². The van der Waals surface area contributed by atoms with Gasteiger partial charge < -0.3 is 15.5 Å².